The normalized spacial score (nSPS) is 12.0. The number of rotatable bonds is 6. The zero-order valence-corrected chi connectivity index (χ0v) is 12.8. The van der Waals surface area contributed by atoms with Gasteiger partial charge >= 0.3 is 0 Å². The Bertz CT molecular complexity index is 675. The summed E-state index contributed by atoms with van der Waals surface area (Å²) in [6.45, 7) is 4.20. The lowest BCUT2D eigenvalue weighted by Gasteiger charge is -2.03. The Hall–Kier alpha value is -1.52. The highest BCUT2D eigenvalue weighted by Gasteiger charge is 2.22. The minimum absolute atomic E-state index is 0.0411. The third kappa shape index (κ3) is 3.32. The Morgan fingerprint density at radius 3 is 2.85 bits per heavy atom. The molecule has 0 aliphatic carbocycles. The second kappa shape index (κ2) is 5.85. The Kier molecular flexibility index (Phi) is 4.35. The number of aromatic nitrogens is 4. The molecule has 0 bridgehead atoms. The van der Waals surface area contributed by atoms with Crippen molar-refractivity contribution in [1.29, 1.82) is 0 Å². The van der Waals surface area contributed by atoms with E-state index in [9.17, 15) is 8.42 Å². The van der Waals surface area contributed by atoms with Gasteiger partial charge in [-0.2, -0.15) is 13.5 Å². The number of H-pyrrole nitrogens is 1. The maximum Gasteiger partial charge on any atom is 0.280 e. The van der Waals surface area contributed by atoms with E-state index in [1.807, 2.05) is 0 Å². The average Bonchev–Trinajstić information content (AvgIpc) is 2.96. The van der Waals surface area contributed by atoms with Crippen LogP contribution in [0.5, 0.6) is 0 Å². The number of hydrogen-bond acceptors (Lipinski definition) is 7. The van der Waals surface area contributed by atoms with Crippen LogP contribution in [0.3, 0.4) is 0 Å². The molecule has 20 heavy (non-hydrogen) atoms. The topological polar surface area (TPSA) is 127 Å². The molecule has 2 heterocycles. The lowest BCUT2D eigenvalue weighted by Crippen LogP contribution is -2.16. The number of nitrogens with one attached hydrogen (secondary N) is 2. The van der Waals surface area contributed by atoms with Crippen molar-refractivity contribution in [3.05, 3.63) is 16.8 Å². The molecule has 0 radical (unpaired) electrons. The molecule has 0 atom stereocenters. The molecule has 0 aliphatic heterocycles. The van der Waals surface area contributed by atoms with E-state index in [-0.39, 0.29) is 16.7 Å². The molecule has 0 amide bonds. The smallest absolute Gasteiger partial charge is 0.280 e. The Morgan fingerprint density at radius 1 is 1.45 bits per heavy atom. The van der Waals surface area contributed by atoms with Gasteiger partial charge in [0.25, 0.3) is 10.0 Å². The summed E-state index contributed by atoms with van der Waals surface area (Å²) < 4.78 is 26.7. The van der Waals surface area contributed by atoms with Crippen molar-refractivity contribution in [2.45, 2.75) is 31.8 Å². The lowest BCUT2D eigenvalue weighted by atomic mass is 10.1. The van der Waals surface area contributed by atoms with Gasteiger partial charge < -0.3 is 5.73 Å². The molecule has 0 aromatic carbocycles. The Morgan fingerprint density at radius 2 is 2.20 bits per heavy atom. The van der Waals surface area contributed by atoms with Gasteiger partial charge in [0.15, 0.2) is 5.03 Å². The van der Waals surface area contributed by atoms with Crippen LogP contribution in [0.25, 0.3) is 0 Å². The van der Waals surface area contributed by atoms with Crippen molar-refractivity contribution in [2.24, 2.45) is 11.7 Å². The van der Waals surface area contributed by atoms with Crippen molar-refractivity contribution < 1.29 is 8.42 Å². The number of anilines is 1. The molecule has 0 aliphatic rings. The number of hydrogen-bond donors (Lipinski definition) is 3. The number of nitrogens with zero attached hydrogens (tertiary/aromatic N) is 3. The van der Waals surface area contributed by atoms with Crippen molar-refractivity contribution in [2.75, 3.05) is 4.72 Å². The second-order valence-electron chi connectivity index (χ2n) is 4.63. The van der Waals surface area contributed by atoms with Crippen molar-refractivity contribution in [3.8, 4) is 0 Å². The SMILES string of the molecule is CC(C)Cc1nnc(NS(=O)(=O)c2[nH]ncc2CN)s1. The quantitative estimate of drug-likeness (QED) is 0.720. The maximum atomic E-state index is 12.2. The second-order valence-corrected chi connectivity index (χ2v) is 7.31. The van der Waals surface area contributed by atoms with Crippen molar-refractivity contribution >= 4 is 26.5 Å². The third-order valence-corrected chi connectivity index (χ3v) is 4.78. The number of nitrogens with two attached hydrogens (primary N) is 1. The van der Waals surface area contributed by atoms with Gasteiger partial charge in [0.05, 0.1) is 6.20 Å². The highest BCUT2D eigenvalue weighted by Crippen LogP contribution is 2.22. The van der Waals surface area contributed by atoms with Crippen LogP contribution in [0, 0.1) is 5.92 Å². The lowest BCUT2D eigenvalue weighted by molar-refractivity contribution is 0.595. The third-order valence-electron chi connectivity index (χ3n) is 2.44. The average molecular weight is 316 g/mol. The van der Waals surface area contributed by atoms with Crippen molar-refractivity contribution in [3.63, 3.8) is 0 Å². The van der Waals surface area contributed by atoms with Crippen LogP contribution < -0.4 is 10.5 Å². The van der Waals surface area contributed by atoms with Crippen LogP contribution >= 0.6 is 11.3 Å². The minimum Gasteiger partial charge on any atom is -0.326 e. The largest absolute Gasteiger partial charge is 0.326 e. The zero-order chi connectivity index (χ0) is 14.8. The molecular formula is C10H16N6O2S2. The van der Waals surface area contributed by atoms with E-state index >= 15 is 0 Å². The molecular weight excluding hydrogens is 300 g/mol. The van der Waals surface area contributed by atoms with Gasteiger partial charge in [0.1, 0.15) is 5.01 Å². The zero-order valence-electron chi connectivity index (χ0n) is 11.1. The summed E-state index contributed by atoms with van der Waals surface area (Å²) in [7, 11) is -3.77. The van der Waals surface area contributed by atoms with Gasteiger partial charge in [-0.3, -0.25) is 9.82 Å². The van der Waals surface area contributed by atoms with E-state index in [4.69, 9.17) is 5.73 Å². The van der Waals surface area contributed by atoms with Crippen LogP contribution in [-0.4, -0.2) is 28.8 Å². The summed E-state index contributed by atoms with van der Waals surface area (Å²) in [5, 5.41) is 14.9. The molecule has 0 saturated carbocycles. The fourth-order valence-electron chi connectivity index (χ4n) is 1.57. The highest BCUT2D eigenvalue weighted by molar-refractivity contribution is 7.92. The van der Waals surface area contributed by atoms with Crippen LogP contribution in [0.15, 0.2) is 11.2 Å². The van der Waals surface area contributed by atoms with Crippen molar-refractivity contribution in [1.82, 2.24) is 20.4 Å². The first kappa shape index (κ1) is 14.9. The summed E-state index contributed by atoms with van der Waals surface area (Å²) in [4.78, 5) is 0. The molecule has 4 N–H and O–H groups in total. The monoisotopic (exact) mass is 316 g/mol. The maximum absolute atomic E-state index is 12.2. The molecule has 2 aromatic heterocycles. The first-order valence-electron chi connectivity index (χ1n) is 6.00. The van der Waals surface area contributed by atoms with Gasteiger partial charge in [-0.15, -0.1) is 10.2 Å². The molecule has 110 valence electrons. The summed E-state index contributed by atoms with van der Waals surface area (Å²) in [5.41, 5.74) is 5.89. The predicted octanol–water partition coefficient (Wildman–Crippen LogP) is 0.719. The number of aromatic amines is 1. The van der Waals surface area contributed by atoms with E-state index < -0.39 is 10.0 Å². The first-order valence-corrected chi connectivity index (χ1v) is 8.30. The minimum atomic E-state index is -3.77. The van der Waals surface area contributed by atoms with E-state index in [0.717, 1.165) is 11.4 Å². The standard InChI is InChI=1S/C10H16N6O2S2/c1-6(2)3-8-13-15-10(19-8)16-20(17,18)9-7(4-11)5-12-14-9/h5-6H,3-4,11H2,1-2H3,(H,12,14)(H,15,16). The first-order chi connectivity index (χ1) is 9.42. The van der Waals surface area contributed by atoms with Gasteiger partial charge in [0.2, 0.25) is 5.13 Å². The van der Waals surface area contributed by atoms with E-state index in [0.29, 0.717) is 11.5 Å². The molecule has 2 rings (SSSR count). The molecule has 0 spiro atoms. The molecule has 0 unspecified atom stereocenters. The van der Waals surface area contributed by atoms with E-state index in [1.54, 1.807) is 0 Å². The van der Waals surface area contributed by atoms with Crippen LogP contribution in [-0.2, 0) is 23.0 Å². The van der Waals surface area contributed by atoms with Gasteiger partial charge in [-0.1, -0.05) is 25.2 Å². The molecule has 2 aromatic rings. The summed E-state index contributed by atoms with van der Waals surface area (Å²) in [6, 6.07) is 0. The summed E-state index contributed by atoms with van der Waals surface area (Å²) in [6.07, 6.45) is 2.15. The van der Waals surface area contributed by atoms with Crippen LogP contribution in [0.4, 0.5) is 5.13 Å². The van der Waals surface area contributed by atoms with Crippen LogP contribution in [0.2, 0.25) is 0 Å². The molecule has 0 saturated heterocycles. The van der Waals surface area contributed by atoms with Gasteiger partial charge in [-0.05, 0) is 5.92 Å². The Balaban J connectivity index is 2.18. The Labute approximate surface area is 120 Å². The van der Waals surface area contributed by atoms with E-state index in [1.165, 1.54) is 17.5 Å². The van der Waals surface area contributed by atoms with Gasteiger partial charge in [-0.25, -0.2) is 0 Å². The summed E-state index contributed by atoms with van der Waals surface area (Å²) >= 11 is 1.22. The van der Waals surface area contributed by atoms with Crippen LogP contribution in [0.1, 0.15) is 24.4 Å². The highest BCUT2D eigenvalue weighted by atomic mass is 32.2. The molecule has 8 nitrogen and oxygen atoms in total. The van der Waals surface area contributed by atoms with E-state index in [2.05, 4.69) is 39.0 Å². The predicted molar refractivity (Wildman–Crippen MR) is 75.7 cm³/mol. The van der Waals surface area contributed by atoms with Gasteiger partial charge in [0, 0.05) is 18.5 Å². The fourth-order valence-corrected chi connectivity index (χ4v) is 3.90. The summed E-state index contributed by atoms with van der Waals surface area (Å²) in [5.74, 6) is 0.434. The number of sulfonamides is 1. The fraction of sp³-hybridized carbons (Fsp3) is 0.500. The molecule has 10 heteroatoms. The molecule has 0 fully saturated rings.